The van der Waals surface area contributed by atoms with E-state index in [1.54, 1.807) is 13.8 Å². The number of benzene rings is 3. The molecule has 188 valence electrons. The van der Waals surface area contributed by atoms with Gasteiger partial charge in [0.2, 0.25) is 0 Å². The second kappa shape index (κ2) is 9.93. The lowest BCUT2D eigenvalue weighted by atomic mass is 9.64. The summed E-state index contributed by atoms with van der Waals surface area (Å²) in [5.74, 6) is -0.253. The van der Waals surface area contributed by atoms with Crippen molar-refractivity contribution in [1.29, 1.82) is 0 Å². The van der Waals surface area contributed by atoms with E-state index in [1.165, 1.54) is 4.90 Å². The number of aliphatic carboxylic acids is 1. The number of ether oxygens (including phenoxy) is 1. The molecule has 1 aromatic heterocycles. The van der Waals surface area contributed by atoms with Crippen molar-refractivity contribution in [2.75, 3.05) is 11.5 Å². The van der Waals surface area contributed by atoms with Gasteiger partial charge in [-0.2, -0.15) is 0 Å². The van der Waals surface area contributed by atoms with Crippen LogP contribution in [0.3, 0.4) is 0 Å². The fourth-order valence-electron chi connectivity index (χ4n) is 4.87. The number of para-hydroxylation sites is 1. The highest BCUT2D eigenvalue weighted by Crippen LogP contribution is 2.44. The summed E-state index contributed by atoms with van der Waals surface area (Å²) in [6.07, 6.45) is 1.80. The highest BCUT2D eigenvalue weighted by Gasteiger charge is 2.45. The molecule has 7 nitrogen and oxygen atoms in total. The number of carbonyl (C=O) groups excluding carboxylic acids is 1. The average Bonchev–Trinajstić information content (AvgIpc) is 3.25. The first-order valence-electron chi connectivity index (χ1n) is 12.4. The van der Waals surface area contributed by atoms with Crippen molar-refractivity contribution in [2.45, 2.75) is 38.5 Å². The number of amides is 1. The van der Waals surface area contributed by atoms with Crippen LogP contribution in [0.1, 0.15) is 37.5 Å². The minimum atomic E-state index is -0.748. The van der Waals surface area contributed by atoms with Crippen LogP contribution in [0, 0.1) is 6.92 Å². The van der Waals surface area contributed by atoms with E-state index in [1.807, 2.05) is 78.9 Å². The lowest BCUT2D eigenvalue weighted by Gasteiger charge is -2.38. The predicted molar refractivity (Wildman–Crippen MR) is 141 cm³/mol. The Morgan fingerprint density at radius 1 is 0.946 bits per heavy atom. The van der Waals surface area contributed by atoms with E-state index in [4.69, 9.17) is 9.26 Å². The Bertz CT molecular complexity index is 1400. The zero-order valence-corrected chi connectivity index (χ0v) is 20.8. The van der Waals surface area contributed by atoms with E-state index >= 15 is 0 Å². The molecule has 0 unspecified atom stereocenters. The molecule has 1 saturated carbocycles. The van der Waals surface area contributed by atoms with Gasteiger partial charge in [0.1, 0.15) is 11.4 Å². The molecular formula is C30H28N2O5. The van der Waals surface area contributed by atoms with E-state index in [0.29, 0.717) is 35.7 Å². The Kier molecular flexibility index (Phi) is 6.53. The summed E-state index contributed by atoms with van der Waals surface area (Å²) in [6.45, 7) is 3.77. The lowest BCUT2D eigenvalue weighted by molar-refractivity contribution is -0.147. The minimum Gasteiger partial charge on any atom is -0.481 e. The number of aromatic nitrogens is 1. The first kappa shape index (κ1) is 24.3. The smallest absolute Gasteiger partial charge is 0.419 e. The molecule has 7 heteroatoms. The number of carboxylic acid groups (broad SMARTS) is 1. The first-order chi connectivity index (χ1) is 17.9. The molecule has 0 aliphatic heterocycles. The maximum absolute atomic E-state index is 13.0. The van der Waals surface area contributed by atoms with E-state index in [0.717, 1.165) is 28.7 Å². The SMILES string of the molecule is CCOC(=O)N(c1ccccc1)c1c(-c2ccc(-c3ccc(C4(C(=O)O)CCC4)cc3)cc2)noc1C. The number of rotatable bonds is 7. The molecule has 4 aromatic rings. The summed E-state index contributed by atoms with van der Waals surface area (Å²) < 4.78 is 10.9. The van der Waals surface area contributed by atoms with Gasteiger partial charge in [-0.25, -0.2) is 9.69 Å². The number of carboxylic acids is 1. The van der Waals surface area contributed by atoms with Crippen LogP contribution in [0.5, 0.6) is 0 Å². The molecule has 3 aromatic carbocycles. The Morgan fingerprint density at radius 3 is 2.08 bits per heavy atom. The monoisotopic (exact) mass is 496 g/mol. The van der Waals surface area contributed by atoms with Crippen LogP contribution in [-0.4, -0.2) is 28.9 Å². The van der Waals surface area contributed by atoms with Crippen molar-refractivity contribution in [3.63, 3.8) is 0 Å². The maximum atomic E-state index is 13.0. The van der Waals surface area contributed by atoms with Gasteiger partial charge in [-0.3, -0.25) is 4.79 Å². The number of anilines is 2. The highest BCUT2D eigenvalue weighted by atomic mass is 16.6. The Balaban J connectivity index is 1.46. The van der Waals surface area contributed by atoms with Gasteiger partial charge in [-0.05, 0) is 55.5 Å². The number of aryl methyl sites for hydroxylation is 1. The van der Waals surface area contributed by atoms with E-state index in [9.17, 15) is 14.7 Å². The number of carbonyl (C=O) groups is 2. The van der Waals surface area contributed by atoms with Crippen molar-refractivity contribution in [3.8, 4) is 22.4 Å². The number of hydrogen-bond acceptors (Lipinski definition) is 5. The van der Waals surface area contributed by atoms with Crippen LogP contribution < -0.4 is 4.90 Å². The summed E-state index contributed by atoms with van der Waals surface area (Å²) in [5, 5.41) is 14.0. The molecule has 0 saturated heterocycles. The first-order valence-corrected chi connectivity index (χ1v) is 12.4. The van der Waals surface area contributed by atoms with Gasteiger partial charge in [0.05, 0.1) is 17.7 Å². The summed E-state index contributed by atoms with van der Waals surface area (Å²) in [5.41, 5.74) is 4.59. The Morgan fingerprint density at radius 2 is 1.54 bits per heavy atom. The molecule has 1 N–H and O–H groups in total. The fraction of sp³-hybridized carbons (Fsp3) is 0.233. The largest absolute Gasteiger partial charge is 0.481 e. The molecular weight excluding hydrogens is 468 g/mol. The zero-order chi connectivity index (χ0) is 26.0. The molecule has 37 heavy (non-hydrogen) atoms. The van der Waals surface area contributed by atoms with Crippen LogP contribution in [0.2, 0.25) is 0 Å². The molecule has 0 radical (unpaired) electrons. The van der Waals surface area contributed by atoms with Gasteiger partial charge in [0, 0.05) is 5.56 Å². The van der Waals surface area contributed by atoms with Gasteiger partial charge < -0.3 is 14.4 Å². The van der Waals surface area contributed by atoms with Crippen molar-refractivity contribution < 1.29 is 24.0 Å². The van der Waals surface area contributed by atoms with E-state index < -0.39 is 17.5 Å². The van der Waals surface area contributed by atoms with Crippen molar-refractivity contribution in [2.24, 2.45) is 0 Å². The molecule has 1 fully saturated rings. The zero-order valence-electron chi connectivity index (χ0n) is 20.8. The number of hydrogen-bond donors (Lipinski definition) is 1. The van der Waals surface area contributed by atoms with Crippen molar-refractivity contribution in [3.05, 3.63) is 90.2 Å². The summed E-state index contributed by atoms with van der Waals surface area (Å²) >= 11 is 0. The van der Waals surface area contributed by atoms with Crippen LogP contribution in [-0.2, 0) is 14.9 Å². The van der Waals surface area contributed by atoms with E-state index in [-0.39, 0.29) is 6.61 Å². The molecule has 0 spiro atoms. The molecule has 1 heterocycles. The minimum absolute atomic E-state index is 0.239. The van der Waals surface area contributed by atoms with Gasteiger partial charge in [-0.15, -0.1) is 0 Å². The molecule has 5 rings (SSSR count). The second-order valence-corrected chi connectivity index (χ2v) is 9.20. The third kappa shape index (κ3) is 4.37. The van der Waals surface area contributed by atoms with Gasteiger partial charge in [0.15, 0.2) is 5.76 Å². The maximum Gasteiger partial charge on any atom is 0.419 e. The topological polar surface area (TPSA) is 92.9 Å². The van der Waals surface area contributed by atoms with E-state index in [2.05, 4.69) is 5.16 Å². The van der Waals surface area contributed by atoms with Crippen LogP contribution in [0.4, 0.5) is 16.2 Å². The highest BCUT2D eigenvalue weighted by molar-refractivity contribution is 6.00. The normalized spacial score (nSPS) is 14.0. The summed E-state index contributed by atoms with van der Waals surface area (Å²) in [7, 11) is 0. The Labute approximate surface area is 215 Å². The van der Waals surface area contributed by atoms with Gasteiger partial charge >= 0.3 is 12.1 Å². The lowest BCUT2D eigenvalue weighted by Crippen LogP contribution is -2.42. The third-order valence-electron chi connectivity index (χ3n) is 7.07. The molecule has 0 atom stereocenters. The Hall–Kier alpha value is -4.39. The summed E-state index contributed by atoms with van der Waals surface area (Å²) in [6, 6.07) is 24.9. The third-order valence-corrected chi connectivity index (χ3v) is 7.07. The molecule has 1 amide bonds. The molecule has 0 bridgehead atoms. The quantitative estimate of drug-likeness (QED) is 0.293. The van der Waals surface area contributed by atoms with Crippen molar-refractivity contribution in [1.82, 2.24) is 5.16 Å². The van der Waals surface area contributed by atoms with Crippen LogP contribution in [0.15, 0.2) is 83.4 Å². The average molecular weight is 497 g/mol. The standard InChI is InChI=1S/C30H28N2O5/c1-3-36-29(35)32(25-8-5-4-6-9-25)27-20(2)37-31-26(27)23-12-10-21(11-13-23)22-14-16-24(17-15-22)30(28(33)34)18-7-19-30/h4-6,8-17H,3,7,18-19H2,1-2H3,(H,33,34). The predicted octanol–water partition coefficient (Wildman–Crippen LogP) is 7.12. The van der Waals surface area contributed by atoms with Gasteiger partial charge in [0.25, 0.3) is 0 Å². The molecule has 1 aliphatic rings. The second-order valence-electron chi connectivity index (χ2n) is 9.20. The van der Waals surface area contributed by atoms with Crippen molar-refractivity contribution >= 4 is 23.4 Å². The van der Waals surface area contributed by atoms with Gasteiger partial charge in [-0.1, -0.05) is 78.3 Å². The van der Waals surface area contributed by atoms with Crippen LogP contribution in [0.25, 0.3) is 22.4 Å². The number of nitrogens with zero attached hydrogens (tertiary/aromatic N) is 2. The fourth-order valence-corrected chi connectivity index (χ4v) is 4.87. The van der Waals surface area contributed by atoms with Crippen LogP contribution >= 0.6 is 0 Å². The molecule has 1 aliphatic carbocycles. The summed E-state index contributed by atoms with van der Waals surface area (Å²) in [4.78, 5) is 26.3.